The summed E-state index contributed by atoms with van der Waals surface area (Å²) in [4.78, 5) is 8.65. The van der Waals surface area contributed by atoms with E-state index in [1.165, 1.54) is 17.4 Å². The molecule has 1 heterocycles. The maximum absolute atomic E-state index is 13.1. The van der Waals surface area contributed by atoms with Crippen LogP contribution in [0.4, 0.5) is 18.9 Å². The molecule has 0 radical (unpaired) electrons. The van der Waals surface area contributed by atoms with Crippen molar-refractivity contribution in [2.24, 2.45) is 10.9 Å². The van der Waals surface area contributed by atoms with Crippen molar-refractivity contribution in [1.29, 1.82) is 0 Å². The second kappa shape index (κ2) is 8.39. The molecule has 1 aromatic carbocycles. The van der Waals surface area contributed by atoms with Gasteiger partial charge in [-0.2, -0.15) is 0 Å². The number of aliphatic hydroxyl groups excluding tert-OH is 1. The summed E-state index contributed by atoms with van der Waals surface area (Å²) in [5, 5.41) is 13.0. The maximum atomic E-state index is 13.1. The van der Waals surface area contributed by atoms with Gasteiger partial charge in [-0.1, -0.05) is 20.8 Å². The van der Waals surface area contributed by atoms with E-state index >= 15 is 0 Å². The highest BCUT2D eigenvalue weighted by Crippen LogP contribution is 2.46. The number of nitrogens with zero attached hydrogens (tertiary/aromatic N) is 2. The van der Waals surface area contributed by atoms with Gasteiger partial charge in [-0.3, -0.25) is 4.99 Å². The first-order valence-electron chi connectivity index (χ1n) is 8.60. The first kappa shape index (κ1) is 21.4. The Balaban J connectivity index is 2.86. The average molecular weight is 400 g/mol. The van der Waals surface area contributed by atoms with Crippen LogP contribution in [-0.4, -0.2) is 22.2 Å². The SMILES string of the molecule is CC/C(C)=N\c1c(C)c(-c2nccs2)cc(C(O)C(C)C)c1OC(F)(F)F. The smallest absolute Gasteiger partial charge is 0.403 e. The minimum atomic E-state index is -4.90. The van der Waals surface area contributed by atoms with E-state index in [0.29, 0.717) is 28.3 Å². The van der Waals surface area contributed by atoms with Gasteiger partial charge in [0.1, 0.15) is 10.7 Å². The number of aliphatic imine (C=N–C) groups is 1. The zero-order valence-corrected chi connectivity index (χ0v) is 16.7. The maximum Gasteiger partial charge on any atom is 0.573 e. The molecule has 148 valence electrons. The van der Waals surface area contributed by atoms with Gasteiger partial charge in [0.2, 0.25) is 0 Å². The highest BCUT2D eigenvalue weighted by Gasteiger charge is 2.36. The molecule has 0 saturated heterocycles. The van der Waals surface area contributed by atoms with Crippen molar-refractivity contribution >= 4 is 22.7 Å². The summed E-state index contributed by atoms with van der Waals surface area (Å²) < 4.78 is 43.7. The van der Waals surface area contributed by atoms with Crippen LogP contribution in [0.5, 0.6) is 5.75 Å². The monoisotopic (exact) mass is 400 g/mol. The van der Waals surface area contributed by atoms with Gasteiger partial charge in [0.15, 0.2) is 5.75 Å². The van der Waals surface area contributed by atoms with Gasteiger partial charge >= 0.3 is 6.36 Å². The molecular formula is C19H23F3N2O2S. The lowest BCUT2D eigenvalue weighted by atomic mass is 9.93. The van der Waals surface area contributed by atoms with Gasteiger partial charge in [0.05, 0.1) is 6.10 Å². The van der Waals surface area contributed by atoms with Crippen molar-refractivity contribution < 1.29 is 23.0 Å². The normalized spacial score (nSPS) is 13.9. The van der Waals surface area contributed by atoms with Crippen LogP contribution < -0.4 is 4.74 Å². The second-order valence-corrected chi connectivity index (χ2v) is 7.49. The van der Waals surface area contributed by atoms with E-state index in [2.05, 4.69) is 14.7 Å². The first-order valence-corrected chi connectivity index (χ1v) is 9.48. The van der Waals surface area contributed by atoms with Gasteiger partial charge in [0.25, 0.3) is 0 Å². The predicted octanol–water partition coefficient (Wildman–Crippen LogP) is 6.21. The molecule has 0 saturated carbocycles. The molecule has 1 unspecified atom stereocenters. The Bertz CT molecular complexity index is 815. The third kappa shape index (κ3) is 5.07. The van der Waals surface area contributed by atoms with Crippen molar-refractivity contribution in [3.05, 3.63) is 28.8 Å². The molecule has 4 nitrogen and oxygen atoms in total. The Kier molecular flexibility index (Phi) is 6.64. The Hall–Kier alpha value is -1.93. The van der Waals surface area contributed by atoms with E-state index in [-0.39, 0.29) is 17.2 Å². The Morgan fingerprint density at radius 1 is 1.37 bits per heavy atom. The van der Waals surface area contributed by atoms with E-state index < -0.39 is 18.2 Å². The zero-order chi connectivity index (χ0) is 20.4. The summed E-state index contributed by atoms with van der Waals surface area (Å²) in [5.74, 6) is -0.758. The molecule has 27 heavy (non-hydrogen) atoms. The lowest BCUT2D eigenvalue weighted by Crippen LogP contribution is -2.20. The van der Waals surface area contributed by atoms with Crippen LogP contribution in [0, 0.1) is 12.8 Å². The lowest BCUT2D eigenvalue weighted by molar-refractivity contribution is -0.274. The fourth-order valence-corrected chi connectivity index (χ4v) is 3.26. The van der Waals surface area contributed by atoms with E-state index in [4.69, 9.17) is 0 Å². The first-order chi connectivity index (χ1) is 12.5. The van der Waals surface area contributed by atoms with Crippen LogP contribution in [0.25, 0.3) is 10.6 Å². The van der Waals surface area contributed by atoms with Crippen molar-refractivity contribution in [2.75, 3.05) is 0 Å². The van der Waals surface area contributed by atoms with E-state index in [0.717, 1.165) is 0 Å². The molecule has 0 aliphatic carbocycles. The van der Waals surface area contributed by atoms with Crippen LogP contribution in [0.15, 0.2) is 22.6 Å². The summed E-state index contributed by atoms with van der Waals surface area (Å²) in [6.45, 7) is 8.75. The van der Waals surface area contributed by atoms with Crippen LogP contribution in [0.3, 0.4) is 0 Å². The fraction of sp³-hybridized carbons (Fsp3) is 0.474. The number of hydrogen-bond donors (Lipinski definition) is 1. The number of aromatic nitrogens is 1. The molecule has 1 aromatic heterocycles. The molecule has 1 atom stereocenters. The van der Waals surface area contributed by atoms with Gasteiger partial charge in [-0.05, 0) is 37.8 Å². The minimum absolute atomic E-state index is 0.0563. The molecule has 0 amide bonds. The molecule has 0 aliphatic heterocycles. The molecule has 0 spiro atoms. The average Bonchev–Trinajstić information content (AvgIpc) is 3.10. The molecule has 2 rings (SSSR count). The zero-order valence-electron chi connectivity index (χ0n) is 15.9. The van der Waals surface area contributed by atoms with Gasteiger partial charge in [-0.25, -0.2) is 4.98 Å². The molecule has 0 fully saturated rings. The second-order valence-electron chi connectivity index (χ2n) is 6.59. The van der Waals surface area contributed by atoms with Crippen LogP contribution in [-0.2, 0) is 0 Å². The van der Waals surface area contributed by atoms with Crippen LogP contribution in [0.1, 0.15) is 51.3 Å². The van der Waals surface area contributed by atoms with Gasteiger partial charge < -0.3 is 9.84 Å². The number of rotatable bonds is 6. The standard InChI is InChI=1S/C19H23F3N2O2S/c1-6-11(4)24-15-12(5)13(18-23-7-8-27-18)9-14(16(25)10(2)3)17(15)26-19(20,21)22/h7-10,16,25H,6H2,1-5H3/b24-11-. The van der Waals surface area contributed by atoms with Crippen molar-refractivity contribution in [3.63, 3.8) is 0 Å². The predicted molar refractivity (Wildman–Crippen MR) is 102 cm³/mol. The molecule has 8 heteroatoms. The number of halogens is 3. The number of benzene rings is 1. The number of thiazole rings is 1. The molecule has 0 bridgehead atoms. The number of aliphatic hydroxyl groups is 1. The van der Waals surface area contributed by atoms with Crippen LogP contribution >= 0.6 is 11.3 Å². The highest BCUT2D eigenvalue weighted by atomic mass is 32.1. The fourth-order valence-electron chi connectivity index (χ4n) is 2.55. The van der Waals surface area contributed by atoms with Gasteiger partial charge in [-0.15, -0.1) is 24.5 Å². The number of ether oxygens (including phenoxy) is 1. The summed E-state index contributed by atoms with van der Waals surface area (Å²) in [5.41, 5.74) is 1.95. The Morgan fingerprint density at radius 3 is 2.52 bits per heavy atom. The number of alkyl halides is 3. The number of hydrogen-bond acceptors (Lipinski definition) is 5. The molecule has 1 N–H and O–H groups in total. The third-order valence-corrected chi connectivity index (χ3v) is 4.99. The highest BCUT2D eigenvalue weighted by molar-refractivity contribution is 7.13. The van der Waals surface area contributed by atoms with Crippen molar-refractivity contribution in [1.82, 2.24) is 4.98 Å². The summed E-state index contributed by atoms with van der Waals surface area (Å²) in [6, 6.07) is 1.53. The Morgan fingerprint density at radius 2 is 2.04 bits per heavy atom. The molecule has 2 aromatic rings. The lowest BCUT2D eigenvalue weighted by Gasteiger charge is -2.24. The van der Waals surface area contributed by atoms with Crippen molar-refractivity contribution in [3.8, 4) is 16.3 Å². The van der Waals surface area contributed by atoms with Crippen LogP contribution in [0.2, 0.25) is 0 Å². The largest absolute Gasteiger partial charge is 0.573 e. The minimum Gasteiger partial charge on any atom is -0.403 e. The molecule has 0 aliphatic rings. The van der Waals surface area contributed by atoms with Gasteiger partial charge in [0, 0.05) is 28.4 Å². The third-order valence-electron chi connectivity index (χ3n) is 4.18. The summed E-state index contributed by atoms with van der Waals surface area (Å²) in [6.07, 6.45) is -3.84. The molecular weight excluding hydrogens is 377 g/mol. The topological polar surface area (TPSA) is 54.7 Å². The Labute approximate surface area is 160 Å². The van der Waals surface area contributed by atoms with E-state index in [9.17, 15) is 18.3 Å². The van der Waals surface area contributed by atoms with E-state index in [1.54, 1.807) is 39.3 Å². The summed E-state index contributed by atoms with van der Waals surface area (Å²) in [7, 11) is 0. The quantitative estimate of drug-likeness (QED) is 0.587. The summed E-state index contributed by atoms with van der Waals surface area (Å²) >= 11 is 1.37. The van der Waals surface area contributed by atoms with E-state index in [1.807, 2.05) is 6.92 Å². The van der Waals surface area contributed by atoms with Crippen molar-refractivity contribution in [2.45, 2.75) is 53.5 Å².